The molecule has 2 heterocycles. The first kappa shape index (κ1) is 18.7. The minimum Gasteiger partial charge on any atom is -0.383 e. The van der Waals surface area contributed by atoms with Gasteiger partial charge in [-0.3, -0.25) is 14.7 Å². The average molecular weight is 345 g/mol. The molecule has 1 fully saturated rings. The zero-order valence-corrected chi connectivity index (χ0v) is 13.8. The van der Waals surface area contributed by atoms with E-state index in [0.29, 0.717) is 18.8 Å². The number of alkyl halides is 3. The van der Waals surface area contributed by atoms with Gasteiger partial charge in [0.2, 0.25) is 5.91 Å². The predicted octanol–water partition coefficient (Wildman–Crippen LogP) is 2.52. The van der Waals surface area contributed by atoms with E-state index in [1.165, 1.54) is 13.1 Å². The van der Waals surface area contributed by atoms with Crippen molar-refractivity contribution in [3.8, 4) is 0 Å². The zero-order valence-electron chi connectivity index (χ0n) is 13.8. The van der Waals surface area contributed by atoms with Crippen LogP contribution in [0.4, 0.5) is 13.2 Å². The fourth-order valence-electron chi connectivity index (χ4n) is 2.94. The van der Waals surface area contributed by atoms with Gasteiger partial charge >= 0.3 is 6.18 Å². The number of hydrogen-bond acceptors (Lipinski definition) is 4. The molecule has 1 aromatic rings. The second kappa shape index (κ2) is 7.94. The maximum absolute atomic E-state index is 13.4. The topological polar surface area (TPSA) is 54.5 Å². The van der Waals surface area contributed by atoms with Gasteiger partial charge in [-0.05, 0) is 25.5 Å². The fraction of sp³-hybridized carbons (Fsp3) is 0.625. The molecule has 8 heteroatoms. The largest absolute Gasteiger partial charge is 0.416 e. The predicted molar refractivity (Wildman–Crippen MR) is 82.2 cm³/mol. The summed E-state index contributed by atoms with van der Waals surface area (Å²) in [7, 11) is 1.60. The van der Waals surface area contributed by atoms with Crippen molar-refractivity contribution >= 4 is 5.91 Å². The van der Waals surface area contributed by atoms with E-state index in [9.17, 15) is 18.0 Å². The molecule has 0 radical (unpaired) electrons. The Balaban J connectivity index is 2.26. The Bertz CT molecular complexity index is 578. The highest BCUT2D eigenvalue weighted by atomic mass is 19.4. The summed E-state index contributed by atoms with van der Waals surface area (Å²) in [6.45, 7) is 3.10. The van der Waals surface area contributed by atoms with E-state index in [1.807, 2.05) is 0 Å². The minimum absolute atomic E-state index is 0.0251. The quantitative estimate of drug-likeness (QED) is 0.861. The molecule has 1 amide bonds. The normalized spacial score (nSPS) is 18.8. The second-order valence-electron chi connectivity index (χ2n) is 5.86. The summed E-state index contributed by atoms with van der Waals surface area (Å²) < 4.78 is 45.2. The third-order valence-corrected chi connectivity index (χ3v) is 4.13. The van der Waals surface area contributed by atoms with Gasteiger partial charge in [-0.1, -0.05) is 0 Å². The molecule has 24 heavy (non-hydrogen) atoms. The van der Waals surface area contributed by atoms with Crippen LogP contribution in [-0.4, -0.2) is 42.6 Å². The summed E-state index contributed by atoms with van der Waals surface area (Å²) in [5.41, 5.74) is -0.342. The zero-order chi connectivity index (χ0) is 17.7. The first-order valence-electron chi connectivity index (χ1n) is 7.86. The van der Waals surface area contributed by atoms with E-state index in [0.717, 1.165) is 25.5 Å². The molecule has 1 aliphatic rings. The van der Waals surface area contributed by atoms with Gasteiger partial charge in [0.1, 0.15) is 0 Å². The van der Waals surface area contributed by atoms with E-state index >= 15 is 0 Å². The number of aromatic nitrogens is 1. The first-order valence-corrected chi connectivity index (χ1v) is 7.86. The lowest BCUT2D eigenvalue weighted by Gasteiger charge is -2.24. The highest BCUT2D eigenvalue weighted by Gasteiger charge is 2.36. The molecule has 1 N–H and O–H groups in total. The lowest BCUT2D eigenvalue weighted by atomic mass is 10.0. The Morgan fingerprint density at radius 3 is 2.88 bits per heavy atom. The molecule has 1 aliphatic heterocycles. The number of amides is 1. The van der Waals surface area contributed by atoms with Crippen LogP contribution < -0.4 is 5.32 Å². The van der Waals surface area contributed by atoms with Gasteiger partial charge in [-0.25, -0.2) is 0 Å². The number of pyridine rings is 1. The van der Waals surface area contributed by atoms with Crippen molar-refractivity contribution < 1.29 is 22.7 Å². The van der Waals surface area contributed by atoms with Crippen molar-refractivity contribution in [3.63, 3.8) is 0 Å². The van der Waals surface area contributed by atoms with Crippen LogP contribution >= 0.6 is 0 Å². The average Bonchev–Trinajstić information content (AvgIpc) is 2.98. The fourth-order valence-corrected chi connectivity index (χ4v) is 2.94. The molecule has 2 rings (SSSR count). The van der Waals surface area contributed by atoms with Crippen LogP contribution in [0.15, 0.2) is 12.3 Å². The maximum Gasteiger partial charge on any atom is 0.416 e. The molecule has 0 aromatic carbocycles. The van der Waals surface area contributed by atoms with Crippen LogP contribution in [0.3, 0.4) is 0 Å². The number of likely N-dealkylation sites (tertiary alicyclic amines) is 1. The van der Waals surface area contributed by atoms with Crippen molar-refractivity contribution in [2.45, 2.75) is 38.5 Å². The highest BCUT2D eigenvalue weighted by Crippen LogP contribution is 2.36. The molecule has 1 atom stereocenters. The van der Waals surface area contributed by atoms with E-state index in [4.69, 9.17) is 4.74 Å². The molecule has 1 saturated heterocycles. The highest BCUT2D eigenvalue weighted by molar-refractivity contribution is 5.72. The molecule has 0 bridgehead atoms. The number of methoxy groups -OCH3 is 1. The Morgan fingerprint density at radius 1 is 1.50 bits per heavy atom. The molecule has 0 spiro atoms. The Hall–Kier alpha value is -1.67. The van der Waals surface area contributed by atoms with Crippen LogP contribution in [0, 0.1) is 0 Å². The smallest absolute Gasteiger partial charge is 0.383 e. The standard InChI is InChI=1S/C16H22F3N3O2/c1-11(23)20-9-12-10-21-14(8-13(12)16(17,18)19)15-4-3-5-22(15)6-7-24-2/h8,10,15H,3-7,9H2,1-2H3,(H,20,23)/t15-/m0/s1. The number of nitrogens with zero attached hydrogens (tertiary/aromatic N) is 2. The summed E-state index contributed by atoms with van der Waals surface area (Å²) >= 11 is 0. The van der Waals surface area contributed by atoms with Crippen molar-refractivity contribution in [3.05, 3.63) is 29.1 Å². The van der Waals surface area contributed by atoms with Crippen molar-refractivity contribution in [2.75, 3.05) is 26.8 Å². The molecule has 0 aliphatic carbocycles. The van der Waals surface area contributed by atoms with Crippen molar-refractivity contribution in [1.82, 2.24) is 15.2 Å². The van der Waals surface area contributed by atoms with E-state index in [-0.39, 0.29) is 24.1 Å². The van der Waals surface area contributed by atoms with Gasteiger partial charge in [0.25, 0.3) is 0 Å². The van der Waals surface area contributed by atoms with Crippen molar-refractivity contribution in [2.24, 2.45) is 0 Å². The van der Waals surface area contributed by atoms with Gasteiger partial charge in [-0.15, -0.1) is 0 Å². The summed E-state index contributed by atoms with van der Waals surface area (Å²) in [6, 6.07) is 0.989. The van der Waals surface area contributed by atoms with E-state index in [2.05, 4.69) is 15.2 Å². The number of carbonyl (C=O) groups excluding carboxylic acids is 1. The maximum atomic E-state index is 13.4. The molecule has 5 nitrogen and oxygen atoms in total. The minimum atomic E-state index is -4.48. The van der Waals surface area contributed by atoms with Crippen LogP contribution in [-0.2, 0) is 22.3 Å². The Labute approximate surface area is 139 Å². The van der Waals surface area contributed by atoms with Crippen LogP contribution in [0.2, 0.25) is 0 Å². The summed E-state index contributed by atoms with van der Waals surface area (Å²) in [5.74, 6) is -0.381. The molecule has 1 aromatic heterocycles. The number of ether oxygens (including phenoxy) is 1. The Morgan fingerprint density at radius 2 is 2.25 bits per heavy atom. The summed E-state index contributed by atoms with van der Waals surface area (Å²) in [4.78, 5) is 17.3. The van der Waals surface area contributed by atoms with Crippen LogP contribution in [0.5, 0.6) is 0 Å². The van der Waals surface area contributed by atoms with E-state index < -0.39 is 11.7 Å². The number of carbonyl (C=O) groups is 1. The number of halogens is 3. The van der Waals surface area contributed by atoms with Gasteiger partial charge in [0, 0.05) is 38.9 Å². The third kappa shape index (κ3) is 4.67. The van der Waals surface area contributed by atoms with E-state index in [1.54, 1.807) is 7.11 Å². The molecule has 134 valence electrons. The SMILES string of the molecule is COCCN1CCC[C@H]1c1cc(C(F)(F)F)c(CNC(C)=O)cn1. The molecular weight excluding hydrogens is 323 g/mol. The summed E-state index contributed by atoms with van der Waals surface area (Å²) in [5, 5.41) is 2.39. The lowest BCUT2D eigenvalue weighted by molar-refractivity contribution is -0.138. The third-order valence-electron chi connectivity index (χ3n) is 4.13. The molecule has 0 unspecified atom stereocenters. The summed E-state index contributed by atoms with van der Waals surface area (Å²) in [6.07, 6.45) is -1.56. The van der Waals surface area contributed by atoms with Crippen LogP contribution in [0.25, 0.3) is 0 Å². The number of rotatable bonds is 6. The van der Waals surface area contributed by atoms with Crippen LogP contribution in [0.1, 0.15) is 42.6 Å². The van der Waals surface area contributed by atoms with Crippen molar-refractivity contribution in [1.29, 1.82) is 0 Å². The Kier molecular flexibility index (Phi) is 6.17. The molecule has 0 saturated carbocycles. The number of hydrogen-bond donors (Lipinski definition) is 1. The van der Waals surface area contributed by atoms with Gasteiger partial charge in [0.15, 0.2) is 0 Å². The first-order chi connectivity index (χ1) is 11.3. The number of nitrogens with one attached hydrogen (secondary N) is 1. The monoisotopic (exact) mass is 345 g/mol. The van der Waals surface area contributed by atoms with Gasteiger partial charge in [-0.2, -0.15) is 13.2 Å². The van der Waals surface area contributed by atoms with Gasteiger partial charge in [0.05, 0.1) is 23.9 Å². The van der Waals surface area contributed by atoms with Gasteiger partial charge < -0.3 is 10.1 Å². The second-order valence-corrected chi connectivity index (χ2v) is 5.86. The molecular formula is C16H22F3N3O2. The lowest BCUT2D eigenvalue weighted by Crippen LogP contribution is -2.28.